The molecule has 112 valence electrons. The fourth-order valence-corrected chi connectivity index (χ4v) is 3.77. The smallest absolute Gasteiger partial charge is 0.143 e. The number of aryl methyl sites for hydroxylation is 1. The minimum Gasteiger partial charge on any atom is -0.397 e. The Bertz CT molecular complexity index is 465. The van der Waals surface area contributed by atoms with E-state index < -0.39 is 0 Å². The molecule has 1 aromatic rings. The van der Waals surface area contributed by atoms with Crippen molar-refractivity contribution >= 4 is 27.4 Å². The second-order valence-corrected chi connectivity index (χ2v) is 7.25. The molecule has 2 rings (SSSR count). The Balaban J connectivity index is 2.09. The van der Waals surface area contributed by atoms with Crippen molar-refractivity contribution in [2.75, 3.05) is 17.7 Å². The van der Waals surface area contributed by atoms with Gasteiger partial charge in [-0.15, -0.1) is 0 Å². The highest BCUT2D eigenvalue weighted by atomic mass is 79.9. The van der Waals surface area contributed by atoms with E-state index in [4.69, 9.17) is 5.73 Å². The van der Waals surface area contributed by atoms with E-state index >= 15 is 0 Å². The third-order valence-corrected chi connectivity index (χ3v) is 5.34. The van der Waals surface area contributed by atoms with Crippen LogP contribution < -0.4 is 10.6 Å². The Hall–Kier alpha value is -0.770. The summed E-state index contributed by atoms with van der Waals surface area (Å²) in [5.41, 5.74) is 7.56. The summed E-state index contributed by atoms with van der Waals surface area (Å²) in [6.45, 7) is 6.65. The SMILES string of the molecule is Cc1nc(N(C)[C@H]2CC[C@H](C(C)C)CC2)c(Br)cc1N. The van der Waals surface area contributed by atoms with Crippen LogP contribution in [0, 0.1) is 18.8 Å². The Morgan fingerprint density at radius 1 is 1.30 bits per heavy atom. The number of nitrogens with zero attached hydrogens (tertiary/aromatic N) is 2. The van der Waals surface area contributed by atoms with Crippen molar-refractivity contribution < 1.29 is 0 Å². The van der Waals surface area contributed by atoms with Gasteiger partial charge in [-0.3, -0.25) is 0 Å². The molecule has 0 amide bonds. The predicted molar refractivity (Wildman–Crippen MR) is 90.1 cm³/mol. The van der Waals surface area contributed by atoms with Crippen molar-refractivity contribution in [3.05, 3.63) is 16.2 Å². The summed E-state index contributed by atoms with van der Waals surface area (Å²) < 4.78 is 0.995. The fraction of sp³-hybridized carbons (Fsp3) is 0.688. The van der Waals surface area contributed by atoms with Crippen LogP contribution in [-0.4, -0.2) is 18.1 Å². The van der Waals surface area contributed by atoms with Crippen LogP contribution in [0.25, 0.3) is 0 Å². The lowest BCUT2D eigenvalue weighted by Crippen LogP contribution is -2.36. The Morgan fingerprint density at radius 2 is 1.90 bits per heavy atom. The molecule has 0 aliphatic heterocycles. The van der Waals surface area contributed by atoms with Crippen molar-refractivity contribution in [1.82, 2.24) is 4.98 Å². The van der Waals surface area contributed by atoms with Gasteiger partial charge in [-0.2, -0.15) is 0 Å². The van der Waals surface area contributed by atoms with Crippen LogP contribution in [0.15, 0.2) is 10.5 Å². The maximum absolute atomic E-state index is 5.91. The second kappa shape index (κ2) is 6.33. The molecule has 1 heterocycles. The predicted octanol–water partition coefficient (Wildman–Crippen LogP) is 4.39. The molecule has 0 bridgehead atoms. The number of hydrogen-bond donors (Lipinski definition) is 1. The largest absolute Gasteiger partial charge is 0.397 e. The monoisotopic (exact) mass is 339 g/mol. The number of nitrogen functional groups attached to an aromatic ring is 1. The molecule has 1 aliphatic carbocycles. The van der Waals surface area contributed by atoms with E-state index in [1.54, 1.807) is 0 Å². The number of pyridine rings is 1. The van der Waals surface area contributed by atoms with E-state index in [0.29, 0.717) is 6.04 Å². The van der Waals surface area contributed by atoms with Gasteiger partial charge in [0, 0.05) is 13.1 Å². The maximum Gasteiger partial charge on any atom is 0.143 e. The lowest BCUT2D eigenvalue weighted by Gasteiger charge is -2.37. The maximum atomic E-state index is 5.91. The van der Waals surface area contributed by atoms with Gasteiger partial charge in [0.25, 0.3) is 0 Å². The minimum absolute atomic E-state index is 0.594. The van der Waals surface area contributed by atoms with E-state index in [1.165, 1.54) is 25.7 Å². The van der Waals surface area contributed by atoms with Gasteiger partial charge in [-0.25, -0.2) is 4.98 Å². The minimum atomic E-state index is 0.594. The molecule has 20 heavy (non-hydrogen) atoms. The summed E-state index contributed by atoms with van der Waals surface area (Å²) in [7, 11) is 2.16. The molecular formula is C16H26BrN3. The zero-order chi connectivity index (χ0) is 14.9. The zero-order valence-corrected chi connectivity index (χ0v) is 14.6. The molecule has 2 N–H and O–H groups in total. The highest BCUT2D eigenvalue weighted by Gasteiger charge is 2.27. The van der Waals surface area contributed by atoms with Crippen LogP contribution in [0.3, 0.4) is 0 Å². The quantitative estimate of drug-likeness (QED) is 0.888. The van der Waals surface area contributed by atoms with Crippen LogP contribution in [0.5, 0.6) is 0 Å². The first-order valence-corrected chi connectivity index (χ1v) is 8.35. The fourth-order valence-electron chi connectivity index (χ4n) is 3.16. The molecule has 1 aliphatic rings. The average Bonchev–Trinajstić information content (AvgIpc) is 2.42. The van der Waals surface area contributed by atoms with Gasteiger partial charge in [-0.1, -0.05) is 13.8 Å². The second-order valence-electron chi connectivity index (χ2n) is 6.39. The van der Waals surface area contributed by atoms with Crippen LogP contribution in [0.2, 0.25) is 0 Å². The average molecular weight is 340 g/mol. The van der Waals surface area contributed by atoms with Gasteiger partial charge in [0.2, 0.25) is 0 Å². The molecular weight excluding hydrogens is 314 g/mol. The number of hydrogen-bond acceptors (Lipinski definition) is 3. The Kier molecular flexibility index (Phi) is 4.95. The standard InChI is InChI=1S/C16H26BrN3/c1-10(2)12-5-7-13(8-6-12)20(4)16-14(17)9-15(18)11(3)19-16/h9-10,12-13H,5-8,18H2,1-4H3/t12-,13-. The van der Waals surface area contributed by atoms with E-state index in [9.17, 15) is 0 Å². The molecule has 1 fully saturated rings. The summed E-state index contributed by atoms with van der Waals surface area (Å²) in [5.74, 6) is 2.72. The molecule has 0 saturated heterocycles. The molecule has 3 nitrogen and oxygen atoms in total. The van der Waals surface area contributed by atoms with Crippen molar-refractivity contribution in [1.29, 1.82) is 0 Å². The first-order valence-electron chi connectivity index (χ1n) is 7.55. The molecule has 1 saturated carbocycles. The van der Waals surface area contributed by atoms with Crippen molar-refractivity contribution in [2.24, 2.45) is 11.8 Å². The summed E-state index contributed by atoms with van der Waals surface area (Å²) in [6, 6.07) is 2.56. The van der Waals surface area contributed by atoms with Crippen LogP contribution in [0.4, 0.5) is 11.5 Å². The van der Waals surface area contributed by atoms with Crippen molar-refractivity contribution in [2.45, 2.75) is 52.5 Å². The molecule has 0 aromatic carbocycles. The third-order valence-electron chi connectivity index (χ3n) is 4.75. The van der Waals surface area contributed by atoms with Crippen molar-refractivity contribution in [3.63, 3.8) is 0 Å². The van der Waals surface area contributed by atoms with E-state index in [0.717, 1.165) is 33.5 Å². The molecule has 0 atom stereocenters. The van der Waals surface area contributed by atoms with Crippen LogP contribution >= 0.6 is 15.9 Å². The third kappa shape index (κ3) is 3.27. The molecule has 4 heteroatoms. The Morgan fingerprint density at radius 3 is 2.45 bits per heavy atom. The number of rotatable bonds is 3. The topological polar surface area (TPSA) is 42.2 Å². The first-order chi connectivity index (χ1) is 9.40. The van der Waals surface area contributed by atoms with Gasteiger partial charge in [0.15, 0.2) is 0 Å². The summed E-state index contributed by atoms with van der Waals surface area (Å²) in [4.78, 5) is 6.98. The van der Waals surface area contributed by atoms with E-state index in [2.05, 4.69) is 46.7 Å². The summed E-state index contributed by atoms with van der Waals surface area (Å²) >= 11 is 3.60. The summed E-state index contributed by atoms with van der Waals surface area (Å²) in [5, 5.41) is 0. The highest BCUT2D eigenvalue weighted by Crippen LogP contribution is 2.35. The van der Waals surface area contributed by atoms with E-state index in [1.807, 2.05) is 13.0 Å². The van der Waals surface area contributed by atoms with E-state index in [-0.39, 0.29) is 0 Å². The zero-order valence-electron chi connectivity index (χ0n) is 13.0. The molecule has 1 aromatic heterocycles. The number of anilines is 2. The highest BCUT2D eigenvalue weighted by molar-refractivity contribution is 9.10. The lowest BCUT2D eigenvalue weighted by molar-refractivity contribution is 0.256. The van der Waals surface area contributed by atoms with Crippen molar-refractivity contribution in [3.8, 4) is 0 Å². The van der Waals surface area contributed by atoms with Gasteiger partial charge in [-0.05, 0) is 66.4 Å². The lowest BCUT2D eigenvalue weighted by atomic mass is 9.79. The van der Waals surface area contributed by atoms with Crippen LogP contribution in [0.1, 0.15) is 45.2 Å². The van der Waals surface area contributed by atoms with Gasteiger partial charge in [0.1, 0.15) is 5.82 Å². The van der Waals surface area contributed by atoms with Crippen LogP contribution in [-0.2, 0) is 0 Å². The Labute approximate surface area is 131 Å². The number of nitrogens with two attached hydrogens (primary N) is 1. The normalized spacial score (nSPS) is 23.1. The molecule has 0 unspecified atom stereocenters. The van der Waals surface area contributed by atoms with Gasteiger partial charge in [0.05, 0.1) is 15.9 Å². The molecule has 0 radical (unpaired) electrons. The van der Waals surface area contributed by atoms with Gasteiger partial charge >= 0.3 is 0 Å². The number of aromatic nitrogens is 1. The van der Waals surface area contributed by atoms with Gasteiger partial charge < -0.3 is 10.6 Å². The molecule has 0 spiro atoms. The summed E-state index contributed by atoms with van der Waals surface area (Å²) in [6.07, 6.45) is 5.18. The number of halogens is 1. The first kappa shape index (κ1) is 15.6.